The van der Waals surface area contributed by atoms with Crippen LogP contribution in [0, 0.1) is 17.8 Å². The van der Waals surface area contributed by atoms with Crippen LogP contribution in [0.15, 0.2) is 29.2 Å². The summed E-state index contributed by atoms with van der Waals surface area (Å²) in [7, 11) is -3.41. The van der Waals surface area contributed by atoms with Crippen molar-refractivity contribution in [1.29, 1.82) is 0 Å². The monoisotopic (exact) mass is 306 g/mol. The van der Waals surface area contributed by atoms with Gasteiger partial charge in [-0.15, -0.1) is 0 Å². The van der Waals surface area contributed by atoms with E-state index in [4.69, 9.17) is 5.73 Å². The summed E-state index contributed by atoms with van der Waals surface area (Å²) in [5.74, 6) is 6.27. The summed E-state index contributed by atoms with van der Waals surface area (Å²) in [5, 5.41) is 0. The van der Waals surface area contributed by atoms with Crippen molar-refractivity contribution in [3.63, 3.8) is 0 Å². The molecule has 1 aliphatic heterocycles. The van der Waals surface area contributed by atoms with E-state index < -0.39 is 10.0 Å². The second-order valence-electron chi connectivity index (χ2n) is 5.29. The van der Waals surface area contributed by atoms with Crippen molar-refractivity contribution in [3.05, 3.63) is 29.8 Å². The molecule has 0 aromatic heterocycles. The highest BCUT2D eigenvalue weighted by Crippen LogP contribution is 2.25. The Morgan fingerprint density at radius 2 is 2.05 bits per heavy atom. The van der Waals surface area contributed by atoms with E-state index in [0.29, 0.717) is 29.5 Å². The number of hydrogen-bond donors (Lipinski definition) is 1. The minimum atomic E-state index is -3.41. The molecule has 0 amide bonds. The van der Waals surface area contributed by atoms with Crippen molar-refractivity contribution in [2.45, 2.75) is 31.1 Å². The molecule has 1 fully saturated rings. The third kappa shape index (κ3) is 3.85. The molecule has 21 heavy (non-hydrogen) atoms. The van der Waals surface area contributed by atoms with Crippen LogP contribution in [0.1, 0.15) is 31.7 Å². The van der Waals surface area contributed by atoms with E-state index in [2.05, 4.69) is 18.8 Å². The maximum Gasteiger partial charge on any atom is 0.243 e. The highest BCUT2D eigenvalue weighted by molar-refractivity contribution is 7.89. The molecule has 1 aromatic rings. The molecule has 0 radical (unpaired) electrons. The molecular formula is C16H22N2O2S. The summed E-state index contributed by atoms with van der Waals surface area (Å²) >= 11 is 0. The van der Waals surface area contributed by atoms with Gasteiger partial charge in [-0.1, -0.05) is 31.3 Å². The summed E-state index contributed by atoms with van der Waals surface area (Å²) in [4.78, 5) is 0.321. The van der Waals surface area contributed by atoms with Crippen LogP contribution in [-0.4, -0.2) is 32.4 Å². The molecule has 2 rings (SSSR count). The first-order valence-electron chi connectivity index (χ1n) is 7.37. The molecule has 4 nitrogen and oxygen atoms in total. The molecule has 1 aliphatic rings. The van der Waals surface area contributed by atoms with Crippen molar-refractivity contribution in [2.75, 3.05) is 19.6 Å². The topological polar surface area (TPSA) is 63.4 Å². The van der Waals surface area contributed by atoms with Crippen LogP contribution in [0.2, 0.25) is 0 Å². The molecule has 1 saturated heterocycles. The number of nitrogens with zero attached hydrogens (tertiary/aromatic N) is 1. The van der Waals surface area contributed by atoms with Crippen molar-refractivity contribution >= 4 is 10.0 Å². The minimum Gasteiger partial charge on any atom is -0.320 e. The number of piperidine rings is 1. The van der Waals surface area contributed by atoms with Crippen LogP contribution in [0.5, 0.6) is 0 Å². The van der Waals surface area contributed by atoms with E-state index in [1.54, 1.807) is 28.6 Å². The SMILES string of the molecule is CCC1CCN(S(=O)(=O)c2cccc(C#CCN)c2)CC1. The zero-order chi connectivity index (χ0) is 15.3. The largest absolute Gasteiger partial charge is 0.320 e. The van der Waals surface area contributed by atoms with Gasteiger partial charge in [-0.3, -0.25) is 0 Å². The lowest BCUT2D eigenvalue weighted by atomic mass is 9.96. The van der Waals surface area contributed by atoms with Gasteiger partial charge < -0.3 is 5.73 Å². The lowest BCUT2D eigenvalue weighted by Crippen LogP contribution is -2.38. The quantitative estimate of drug-likeness (QED) is 0.866. The van der Waals surface area contributed by atoms with E-state index in [1.165, 1.54) is 0 Å². The second-order valence-corrected chi connectivity index (χ2v) is 7.23. The third-order valence-electron chi connectivity index (χ3n) is 3.96. The predicted molar refractivity (Wildman–Crippen MR) is 84.1 cm³/mol. The van der Waals surface area contributed by atoms with Gasteiger partial charge in [0, 0.05) is 18.7 Å². The van der Waals surface area contributed by atoms with Gasteiger partial charge >= 0.3 is 0 Å². The Morgan fingerprint density at radius 3 is 2.67 bits per heavy atom. The second kappa shape index (κ2) is 7.08. The molecule has 2 N–H and O–H groups in total. The fraction of sp³-hybridized carbons (Fsp3) is 0.500. The zero-order valence-electron chi connectivity index (χ0n) is 12.4. The Morgan fingerprint density at radius 1 is 1.33 bits per heavy atom. The Kier molecular flexibility index (Phi) is 5.40. The van der Waals surface area contributed by atoms with Gasteiger partial charge in [-0.05, 0) is 37.0 Å². The van der Waals surface area contributed by atoms with Crippen molar-refractivity contribution < 1.29 is 8.42 Å². The summed E-state index contributed by atoms with van der Waals surface area (Å²) in [5.41, 5.74) is 6.03. The van der Waals surface area contributed by atoms with Gasteiger partial charge in [-0.25, -0.2) is 8.42 Å². The average molecular weight is 306 g/mol. The van der Waals surface area contributed by atoms with Crippen LogP contribution < -0.4 is 5.73 Å². The Labute approximate surface area is 127 Å². The van der Waals surface area contributed by atoms with Gasteiger partial charge in [0.25, 0.3) is 0 Å². The highest BCUT2D eigenvalue weighted by Gasteiger charge is 2.28. The Balaban J connectivity index is 2.20. The lowest BCUT2D eigenvalue weighted by molar-refractivity contribution is 0.269. The number of benzene rings is 1. The summed E-state index contributed by atoms with van der Waals surface area (Å²) in [6.45, 7) is 3.65. The fourth-order valence-electron chi connectivity index (χ4n) is 2.59. The van der Waals surface area contributed by atoms with E-state index in [0.717, 1.165) is 19.3 Å². The first-order valence-corrected chi connectivity index (χ1v) is 8.81. The Bertz CT molecular complexity index is 636. The standard InChI is InChI=1S/C16H22N2O2S/c1-2-14-8-11-18(12-9-14)21(19,20)16-7-3-5-15(13-16)6-4-10-17/h3,5,7,13-14H,2,8-12,17H2,1H3. The molecule has 0 unspecified atom stereocenters. The van der Waals surface area contributed by atoms with Crippen LogP contribution in [0.4, 0.5) is 0 Å². The third-order valence-corrected chi connectivity index (χ3v) is 5.85. The molecule has 114 valence electrons. The van der Waals surface area contributed by atoms with Crippen LogP contribution in [-0.2, 0) is 10.0 Å². The van der Waals surface area contributed by atoms with Crippen LogP contribution in [0.3, 0.4) is 0 Å². The smallest absolute Gasteiger partial charge is 0.243 e. The first kappa shape index (κ1) is 16.0. The molecule has 5 heteroatoms. The molecule has 0 spiro atoms. The molecule has 0 aliphatic carbocycles. The van der Waals surface area contributed by atoms with Gasteiger partial charge in [0.2, 0.25) is 10.0 Å². The van der Waals surface area contributed by atoms with Gasteiger partial charge in [0.05, 0.1) is 11.4 Å². The first-order chi connectivity index (χ1) is 10.1. The van der Waals surface area contributed by atoms with Gasteiger partial charge in [0.1, 0.15) is 0 Å². The molecule has 0 bridgehead atoms. The maximum absolute atomic E-state index is 12.7. The molecule has 1 aromatic carbocycles. The average Bonchev–Trinajstić information content (AvgIpc) is 2.53. The zero-order valence-corrected chi connectivity index (χ0v) is 13.2. The van der Waals surface area contributed by atoms with Crippen molar-refractivity contribution in [2.24, 2.45) is 11.7 Å². The molecule has 1 heterocycles. The number of nitrogens with two attached hydrogens (primary N) is 1. The van der Waals surface area contributed by atoms with Gasteiger partial charge in [-0.2, -0.15) is 4.31 Å². The number of hydrogen-bond acceptors (Lipinski definition) is 3. The van der Waals surface area contributed by atoms with Crippen LogP contribution >= 0.6 is 0 Å². The fourth-order valence-corrected chi connectivity index (χ4v) is 4.11. The summed E-state index contributed by atoms with van der Waals surface area (Å²) in [6.07, 6.45) is 3.02. The molecule has 0 atom stereocenters. The van der Waals surface area contributed by atoms with Crippen LogP contribution in [0.25, 0.3) is 0 Å². The van der Waals surface area contributed by atoms with Crippen molar-refractivity contribution in [3.8, 4) is 11.8 Å². The van der Waals surface area contributed by atoms with Crippen molar-refractivity contribution in [1.82, 2.24) is 4.31 Å². The molecular weight excluding hydrogens is 284 g/mol. The summed E-state index contributed by atoms with van der Waals surface area (Å²) in [6, 6.07) is 6.79. The maximum atomic E-state index is 12.7. The lowest BCUT2D eigenvalue weighted by Gasteiger charge is -2.30. The normalized spacial score (nSPS) is 17.2. The van der Waals surface area contributed by atoms with E-state index >= 15 is 0 Å². The Hall–Kier alpha value is -1.35. The number of sulfonamides is 1. The van der Waals surface area contributed by atoms with E-state index in [9.17, 15) is 8.42 Å². The molecule has 0 saturated carbocycles. The van der Waals surface area contributed by atoms with E-state index in [-0.39, 0.29) is 6.54 Å². The minimum absolute atomic E-state index is 0.265. The predicted octanol–water partition coefficient (Wildman–Crippen LogP) is 1.81. The van der Waals surface area contributed by atoms with Gasteiger partial charge in [0.15, 0.2) is 0 Å². The summed E-state index contributed by atoms with van der Waals surface area (Å²) < 4.78 is 26.9. The van der Waals surface area contributed by atoms with E-state index in [1.807, 2.05) is 0 Å². The highest BCUT2D eigenvalue weighted by atomic mass is 32.2. The number of rotatable bonds is 3.